The Morgan fingerprint density at radius 1 is 1.10 bits per heavy atom. The number of carbonyl (C=O) groups is 2. The topological polar surface area (TPSA) is 69.6 Å². The number of hydrogen-bond donors (Lipinski definition) is 2. The van der Waals surface area contributed by atoms with Crippen molar-refractivity contribution in [3.63, 3.8) is 0 Å². The first-order valence-corrected chi connectivity index (χ1v) is 15.8. The molecule has 4 rings (SSSR count). The second-order valence-corrected chi connectivity index (χ2v) is 13.4. The second kappa shape index (κ2) is 15.7. The zero-order valence-electron chi connectivity index (χ0n) is 26.6. The Labute approximate surface area is 254 Å². The zero-order valence-corrected chi connectivity index (χ0v) is 27.4. The predicted molar refractivity (Wildman–Crippen MR) is 171 cm³/mol. The number of β-amino-alcohol motifs (C(OH)–C–C–N with tert-alkyl or cyclic N) is 1. The van der Waals surface area contributed by atoms with Crippen molar-refractivity contribution in [2.45, 2.75) is 112 Å². The van der Waals surface area contributed by atoms with Crippen molar-refractivity contribution in [2.75, 3.05) is 13.1 Å². The second-order valence-electron chi connectivity index (χ2n) is 13.0. The fourth-order valence-corrected chi connectivity index (χ4v) is 5.37. The van der Waals surface area contributed by atoms with Gasteiger partial charge in [-0.05, 0) is 72.4 Å². The Bertz CT molecular complexity index is 1130. The molecule has 2 amide bonds. The van der Waals surface area contributed by atoms with Gasteiger partial charge in [-0.2, -0.15) is 0 Å². The molecule has 5 nitrogen and oxygen atoms in total. The normalized spacial score (nSPS) is 16.7. The van der Waals surface area contributed by atoms with Gasteiger partial charge < -0.3 is 15.3 Å². The van der Waals surface area contributed by atoms with Gasteiger partial charge in [0.1, 0.15) is 0 Å². The monoisotopic (exact) mass is 584 g/mol. The van der Waals surface area contributed by atoms with Crippen molar-refractivity contribution >= 4 is 23.4 Å². The first-order chi connectivity index (χ1) is 19.3. The standard InChI is InChI=1S/C28H35ClN2O3.C5H12.C2H6/c1-3-19(2)26(33)30-16-21-8-5-4-7-20(21)9-11-23(32)17-31-18-28(13-6-14-28)25-15-22(29)10-12-24(25)27(31)34;1-5(2,3)4;1-2/h4-5,7-8,10,12,15,19,23,32H,3,6,9,11,13-14,16-18H2,1-2H3,(H,30,33);1-4H3;1-2H3. The van der Waals surface area contributed by atoms with E-state index in [9.17, 15) is 14.7 Å². The number of amides is 2. The van der Waals surface area contributed by atoms with Crippen LogP contribution in [-0.4, -0.2) is 41.0 Å². The van der Waals surface area contributed by atoms with Gasteiger partial charge in [0.2, 0.25) is 5.91 Å². The van der Waals surface area contributed by atoms with E-state index in [0.717, 1.165) is 47.9 Å². The summed E-state index contributed by atoms with van der Waals surface area (Å²) in [5, 5.41) is 14.6. The lowest BCUT2D eigenvalue weighted by Gasteiger charge is -2.50. The van der Waals surface area contributed by atoms with Crippen LogP contribution in [0.4, 0.5) is 0 Å². The number of fused-ring (bicyclic) bond motifs is 2. The summed E-state index contributed by atoms with van der Waals surface area (Å²) in [5.74, 6) is 0.0417. The Morgan fingerprint density at radius 2 is 1.71 bits per heavy atom. The SMILES string of the molecule is CC.CC(C)(C)C.CCC(C)C(=O)NCc1ccccc1CCC(O)CN1CC2(CCC2)c2cc(Cl)ccc2C1=O. The molecule has 6 heteroatoms. The lowest BCUT2D eigenvalue weighted by molar-refractivity contribution is -0.124. The molecule has 1 aliphatic heterocycles. The van der Waals surface area contributed by atoms with Crippen LogP contribution in [0.2, 0.25) is 5.02 Å². The average molecular weight is 585 g/mol. The summed E-state index contributed by atoms with van der Waals surface area (Å²) in [7, 11) is 0. The zero-order chi connectivity index (χ0) is 30.8. The molecule has 228 valence electrons. The van der Waals surface area contributed by atoms with Crippen molar-refractivity contribution in [3.8, 4) is 0 Å². The van der Waals surface area contributed by atoms with Crippen molar-refractivity contribution in [3.05, 3.63) is 69.7 Å². The molecule has 0 bridgehead atoms. The van der Waals surface area contributed by atoms with Crippen LogP contribution in [0.1, 0.15) is 115 Å². The van der Waals surface area contributed by atoms with Gasteiger partial charge in [0, 0.05) is 41.6 Å². The molecule has 0 radical (unpaired) electrons. The van der Waals surface area contributed by atoms with E-state index in [1.54, 1.807) is 6.07 Å². The van der Waals surface area contributed by atoms with Crippen LogP contribution in [0.3, 0.4) is 0 Å². The third-order valence-electron chi connectivity index (χ3n) is 7.68. The van der Waals surface area contributed by atoms with E-state index in [1.165, 1.54) is 0 Å². The Balaban J connectivity index is 0.000000759. The first-order valence-electron chi connectivity index (χ1n) is 15.4. The lowest BCUT2D eigenvalue weighted by atomic mass is 9.61. The Kier molecular flexibility index (Phi) is 13.4. The molecule has 1 fully saturated rings. The molecule has 2 aromatic rings. The molecule has 41 heavy (non-hydrogen) atoms. The van der Waals surface area contributed by atoms with E-state index in [4.69, 9.17) is 11.6 Å². The third-order valence-corrected chi connectivity index (χ3v) is 7.92. The molecule has 1 saturated carbocycles. The lowest BCUT2D eigenvalue weighted by Crippen LogP contribution is -2.54. The molecule has 1 aliphatic carbocycles. The molecular weight excluding hydrogens is 532 g/mol. The minimum atomic E-state index is -0.613. The van der Waals surface area contributed by atoms with Crippen LogP contribution in [0.25, 0.3) is 0 Å². The van der Waals surface area contributed by atoms with Crippen molar-refractivity contribution in [1.29, 1.82) is 0 Å². The largest absolute Gasteiger partial charge is 0.391 e. The number of halogens is 1. The predicted octanol–water partition coefficient (Wildman–Crippen LogP) is 7.95. The summed E-state index contributed by atoms with van der Waals surface area (Å²) in [6, 6.07) is 13.6. The van der Waals surface area contributed by atoms with Gasteiger partial charge in [0.25, 0.3) is 5.91 Å². The molecule has 2 N–H and O–H groups in total. The summed E-state index contributed by atoms with van der Waals surface area (Å²) in [5.41, 5.74) is 4.47. The van der Waals surface area contributed by atoms with Crippen LogP contribution in [0.5, 0.6) is 0 Å². The number of aliphatic hydroxyl groups excluding tert-OH is 1. The molecule has 0 saturated heterocycles. The van der Waals surface area contributed by atoms with Crippen LogP contribution in [-0.2, 0) is 23.2 Å². The smallest absolute Gasteiger partial charge is 0.254 e. The number of aryl methyl sites for hydroxylation is 1. The van der Waals surface area contributed by atoms with Crippen LogP contribution >= 0.6 is 11.6 Å². The Hall–Kier alpha value is -2.37. The highest BCUT2D eigenvalue weighted by Crippen LogP contribution is 2.48. The Morgan fingerprint density at radius 3 is 2.27 bits per heavy atom. The van der Waals surface area contributed by atoms with E-state index in [2.05, 4.69) is 33.0 Å². The van der Waals surface area contributed by atoms with Gasteiger partial charge in [-0.25, -0.2) is 0 Å². The molecule has 2 unspecified atom stereocenters. The van der Waals surface area contributed by atoms with Gasteiger partial charge >= 0.3 is 0 Å². The summed E-state index contributed by atoms with van der Waals surface area (Å²) in [6.45, 7) is 18.2. The fraction of sp³-hybridized carbons (Fsp3) is 0.600. The molecular formula is C35H53ClN2O3. The van der Waals surface area contributed by atoms with E-state index < -0.39 is 6.10 Å². The number of rotatable bonds is 9. The third kappa shape index (κ3) is 10.1. The van der Waals surface area contributed by atoms with Crippen LogP contribution in [0.15, 0.2) is 42.5 Å². The highest BCUT2D eigenvalue weighted by atomic mass is 35.5. The van der Waals surface area contributed by atoms with Gasteiger partial charge in [0.05, 0.1) is 6.10 Å². The van der Waals surface area contributed by atoms with E-state index in [1.807, 2.05) is 69.0 Å². The van der Waals surface area contributed by atoms with Crippen LogP contribution < -0.4 is 5.32 Å². The maximum atomic E-state index is 13.2. The summed E-state index contributed by atoms with van der Waals surface area (Å²) >= 11 is 6.24. The summed E-state index contributed by atoms with van der Waals surface area (Å²) in [4.78, 5) is 27.2. The van der Waals surface area contributed by atoms with Gasteiger partial charge in [-0.3, -0.25) is 9.59 Å². The quantitative estimate of drug-likeness (QED) is 0.314. The van der Waals surface area contributed by atoms with Gasteiger partial charge in [0.15, 0.2) is 0 Å². The molecule has 2 atom stereocenters. The molecule has 2 aromatic carbocycles. The molecule has 2 aliphatic rings. The van der Waals surface area contributed by atoms with E-state index in [0.29, 0.717) is 42.9 Å². The molecule has 1 spiro atoms. The number of aliphatic hydroxyl groups is 1. The first kappa shape index (κ1) is 34.8. The minimum Gasteiger partial charge on any atom is -0.391 e. The minimum absolute atomic E-state index is 0.00354. The number of nitrogens with zero attached hydrogens (tertiary/aromatic N) is 1. The van der Waals surface area contributed by atoms with Gasteiger partial charge in [-0.15, -0.1) is 0 Å². The maximum absolute atomic E-state index is 13.2. The van der Waals surface area contributed by atoms with Crippen molar-refractivity contribution < 1.29 is 14.7 Å². The molecule has 1 heterocycles. The number of carbonyl (C=O) groups excluding carboxylic acids is 2. The van der Waals surface area contributed by atoms with Crippen molar-refractivity contribution in [2.24, 2.45) is 11.3 Å². The number of benzene rings is 2. The summed E-state index contributed by atoms with van der Waals surface area (Å²) < 4.78 is 0. The maximum Gasteiger partial charge on any atom is 0.254 e. The van der Waals surface area contributed by atoms with Crippen LogP contribution in [0, 0.1) is 11.3 Å². The number of hydrogen-bond acceptors (Lipinski definition) is 3. The van der Waals surface area contributed by atoms with Gasteiger partial charge in [-0.1, -0.05) is 97.7 Å². The number of nitrogens with one attached hydrogen (secondary N) is 1. The van der Waals surface area contributed by atoms with Crippen molar-refractivity contribution in [1.82, 2.24) is 10.2 Å². The highest BCUT2D eigenvalue weighted by Gasteiger charge is 2.47. The summed E-state index contributed by atoms with van der Waals surface area (Å²) in [6.07, 6.45) is 4.70. The fourth-order valence-electron chi connectivity index (χ4n) is 5.20. The van der Waals surface area contributed by atoms with E-state index >= 15 is 0 Å². The average Bonchev–Trinajstić information content (AvgIpc) is 2.91. The van der Waals surface area contributed by atoms with E-state index in [-0.39, 0.29) is 23.1 Å². The highest BCUT2D eigenvalue weighted by molar-refractivity contribution is 6.30. The molecule has 0 aromatic heterocycles.